The summed E-state index contributed by atoms with van der Waals surface area (Å²) in [6.45, 7) is 0. The van der Waals surface area contributed by atoms with Gasteiger partial charge in [0.25, 0.3) is 0 Å². The van der Waals surface area contributed by atoms with Gasteiger partial charge in [0.05, 0.1) is 7.11 Å². The normalized spacial score (nSPS) is 9.56. The Balaban J connectivity index is 2.17. The van der Waals surface area contributed by atoms with Gasteiger partial charge in [-0.25, -0.2) is 4.98 Å². The van der Waals surface area contributed by atoms with E-state index in [2.05, 4.69) is 21.6 Å². The first kappa shape index (κ1) is 10.2. The molecule has 0 spiro atoms. The molecule has 1 aromatic heterocycles. The molecule has 0 bridgehead atoms. The molecule has 16 heavy (non-hydrogen) atoms. The summed E-state index contributed by atoms with van der Waals surface area (Å²) < 4.78 is 9.58. The van der Waals surface area contributed by atoms with E-state index in [0.29, 0.717) is 0 Å². The number of methoxy groups -OCH3 is 1. The predicted octanol–water partition coefficient (Wildman–Crippen LogP) is 1.74. The van der Waals surface area contributed by atoms with Crippen molar-refractivity contribution in [2.45, 2.75) is 6.42 Å². The molecule has 0 aliphatic heterocycles. The number of carbonyl (C=O) groups excluding carboxylic acids is 1. The predicted molar refractivity (Wildman–Crippen MR) is 57.5 cm³/mol. The molecule has 0 radical (unpaired) electrons. The van der Waals surface area contributed by atoms with E-state index in [1.54, 1.807) is 6.07 Å². The van der Waals surface area contributed by atoms with Crippen molar-refractivity contribution in [3.63, 3.8) is 0 Å². The third-order valence-electron chi connectivity index (χ3n) is 2.02. The van der Waals surface area contributed by atoms with Gasteiger partial charge in [-0.15, -0.1) is 0 Å². The molecule has 0 amide bonds. The first-order valence-electron chi connectivity index (χ1n) is 4.68. The summed E-state index contributed by atoms with van der Waals surface area (Å²) >= 11 is 0. The highest BCUT2D eigenvalue weighted by molar-refractivity contribution is 5.75. The van der Waals surface area contributed by atoms with Gasteiger partial charge in [-0.3, -0.25) is 4.79 Å². The SMILES string of the molecule is COC(=O)CC#Cc1ccc2ocnc2c1. The number of fused-ring (bicyclic) bond motifs is 1. The minimum Gasteiger partial charge on any atom is -0.468 e. The molecule has 4 heteroatoms. The zero-order valence-electron chi connectivity index (χ0n) is 8.69. The third-order valence-corrected chi connectivity index (χ3v) is 2.02. The van der Waals surface area contributed by atoms with Crippen LogP contribution in [0.15, 0.2) is 29.0 Å². The fraction of sp³-hybridized carbons (Fsp3) is 0.167. The molecule has 80 valence electrons. The van der Waals surface area contributed by atoms with Crippen molar-refractivity contribution in [2.24, 2.45) is 0 Å². The van der Waals surface area contributed by atoms with Gasteiger partial charge in [-0.05, 0) is 18.2 Å². The molecule has 0 atom stereocenters. The van der Waals surface area contributed by atoms with Crippen molar-refractivity contribution in [3.8, 4) is 11.8 Å². The Bertz CT molecular complexity index is 574. The summed E-state index contributed by atoms with van der Waals surface area (Å²) in [6, 6.07) is 5.42. The Hall–Kier alpha value is -2.28. The highest BCUT2D eigenvalue weighted by Crippen LogP contribution is 2.13. The lowest BCUT2D eigenvalue weighted by molar-refractivity contribution is -0.139. The molecule has 1 heterocycles. The number of oxazole rings is 1. The van der Waals surface area contributed by atoms with E-state index >= 15 is 0 Å². The maximum absolute atomic E-state index is 10.8. The van der Waals surface area contributed by atoms with Crippen molar-refractivity contribution in [2.75, 3.05) is 7.11 Å². The summed E-state index contributed by atoms with van der Waals surface area (Å²) in [5.74, 6) is 5.25. The number of hydrogen-bond acceptors (Lipinski definition) is 4. The van der Waals surface area contributed by atoms with E-state index in [9.17, 15) is 4.79 Å². The van der Waals surface area contributed by atoms with Gasteiger partial charge in [-0.1, -0.05) is 11.8 Å². The number of nitrogens with zero attached hydrogens (tertiary/aromatic N) is 1. The highest BCUT2D eigenvalue weighted by atomic mass is 16.5. The van der Waals surface area contributed by atoms with E-state index in [4.69, 9.17) is 4.42 Å². The maximum atomic E-state index is 10.8. The van der Waals surface area contributed by atoms with Crippen LogP contribution in [-0.4, -0.2) is 18.1 Å². The highest BCUT2D eigenvalue weighted by Gasteiger charge is 1.98. The van der Waals surface area contributed by atoms with Crippen LogP contribution in [-0.2, 0) is 9.53 Å². The summed E-state index contributed by atoms with van der Waals surface area (Å²) in [6.07, 6.45) is 1.48. The van der Waals surface area contributed by atoms with Crippen LogP contribution >= 0.6 is 0 Å². The molecule has 0 aliphatic rings. The number of benzene rings is 1. The van der Waals surface area contributed by atoms with Crippen LogP contribution in [0.4, 0.5) is 0 Å². The Morgan fingerprint density at radius 2 is 2.44 bits per heavy atom. The number of hydrogen-bond donors (Lipinski definition) is 0. The molecular formula is C12H9NO3. The van der Waals surface area contributed by atoms with Crippen LogP contribution in [0.5, 0.6) is 0 Å². The quantitative estimate of drug-likeness (QED) is 0.537. The van der Waals surface area contributed by atoms with Crippen molar-refractivity contribution in [1.29, 1.82) is 0 Å². The molecular weight excluding hydrogens is 206 g/mol. The number of aromatic nitrogens is 1. The van der Waals surface area contributed by atoms with Gasteiger partial charge in [0.2, 0.25) is 0 Å². The van der Waals surface area contributed by atoms with E-state index in [-0.39, 0.29) is 12.4 Å². The molecule has 0 unspecified atom stereocenters. The van der Waals surface area contributed by atoms with Gasteiger partial charge < -0.3 is 9.15 Å². The van der Waals surface area contributed by atoms with Crippen molar-refractivity contribution >= 4 is 17.1 Å². The maximum Gasteiger partial charge on any atom is 0.317 e. The van der Waals surface area contributed by atoms with E-state index in [1.165, 1.54) is 13.5 Å². The Morgan fingerprint density at radius 1 is 1.56 bits per heavy atom. The van der Waals surface area contributed by atoms with Crippen LogP contribution in [0.1, 0.15) is 12.0 Å². The average molecular weight is 215 g/mol. The zero-order chi connectivity index (χ0) is 11.4. The lowest BCUT2D eigenvalue weighted by Crippen LogP contribution is -1.96. The summed E-state index contributed by atoms with van der Waals surface area (Å²) in [5.41, 5.74) is 2.27. The van der Waals surface area contributed by atoms with E-state index in [1.807, 2.05) is 12.1 Å². The van der Waals surface area contributed by atoms with Gasteiger partial charge in [0.1, 0.15) is 11.9 Å². The second-order valence-corrected chi connectivity index (χ2v) is 3.09. The minimum absolute atomic E-state index is 0.0906. The second-order valence-electron chi connectivity index (χ2n) is 3.09. The molecule has 4 nitrogen and oxygen atoms in total. The number of rotatable bonds is 1. The van der Waals surface area contributed by atoms with Crippen LogP contribution in [0.3, 0.4) is 0 Å². The van der Waals surface area contributed by atoms with Crippen LogP contribution in [0.2, 0.25) is 0 Å². The molecule has 0 aliphatic carbocycles. The van der Waals surface area contributed by atoms with Gasteiger partial charge in [-0.2, -0.15) is 0 Å². The minimum atomic E-state index is -0.338. The summed E-state index contributed by atoms with van der Waals surface area (Å²) in [5, 5.41) is 0. The van der Waals surface area contributed by atoms with E-state index in [0.717, 1.165) is 16.7 Å². The van der Waals surface area contributed by atoms with Gasteiger partial charge in [0.15, 0.2) is 12.0 Å². The molecule has 0 N–H and O–H groups in total. The monoisotopic (exact) mass is 215 g/mol. The lowest BCUT2D eigenvalue weighted by atomic mass is 10.2. The number of carbonyl (C=O) groups is 1. The smallest absolute Gasteiger partial charge is 0.317 e. The summed E-state index contributed by atoms with van der Waals surface area (Å²) in [7, 11) is 1.34. The largest absolute Gasteiger partial charge is 0.468 e. The Labute approximate surface area is 92.2 Å². The van der Waals surface area contributed by atoms with Crippen LogP contribution < -0.4 is 0 Å². The molecule has 0 saturated carbocycles. The topological polar surface area (TPSA) is 52.3 Å². The first-order chi connectivity index (χ1) is 7.79. The molecule has 1 aromatic carbocycles. The number of ether oxygens (including phenoxy) is 1. The van der Waals surface area contributed by atoms with Crippen LogP contribution in [0, 0.1) is 11.8 Å². The molecule has 2 aromatic rings. The Kier molecular flexibility index (Phi) is 2.88. The molecule has 0 fully saturated rings. The van der Waals surface area contributed by atoms with Crippen molar-refractivity contribution < 1.29 is 13.9 Å². The summed E-state index contributed by atoms with van der Waals surface area (Å²) in [4.78, 5) is 14.8. The fourth-order valence-electron chi connectivity index (χ4n) is 1.23. The first-order valence-corrected chi connectivity index (χ1v) is 4.68. The molecule has 0 saturated heterocycles. The standard InChI is InChI=1S/C12H9NO3/c1-15-12(14)4-2-3-9-5-6-11-10(7-9)13-8-16-11/h5-8H,4H2,1H3. The second kappa shape index (κ2) is 4.49. The number of esters is 1. The third kappa shape index (κ3) is 2.20. The fourth-order valence-corrected chi connectivity index (χ4v) is 1.23. The zero-order valence-corrected chi connectivity index (χ0v) is 8.69. The van der Waals surface area contributed by atoms with Gasteiger partial charge in [0, 0.05) is 5.56 Å². The lowest BCUT2D eigenvalue weighted by Gasteiger charge is -1.90. The van der Waals surface area contributed by atoms with Gasteiger partial charge >= 0.3 is 5.97 Å². The Morgan fingerprint density at radius 3 is 3.25 bits per heavy atom. The van der Waals surface area contributed by atoms with E-state index < -0.39 is 0 Å². The van der Waals surface area contributed by atoms with Crippen LogP contribution in [0.25, 0.3) is 11.1 Å². The van der Waals surface area contributed by atoms with Crippen molar-refractivity contribution in [3.05, 3.63) is 30.2 Å². The molecule has 2 rings (SSSR count). The van der Waals surface area contributed by atoms with Crippen molar-refractivity contribution in [1.82, 2.24) is 4.98 Å². The average Bonchev–Trinajstić information content (AvgIpc) is 2.76.